The third kappa shape index (κ3) is 4.15. The molecule has 4 aromatic rings. The molecule has 0 spiro atoms. The van der Waals surface area contributed by atoms with Crippen molar-refractivity contribution in [3.8, 4) is 11.3 Å². The molecule has 0 radical (unpaired) electrons. The SMILES string of the molecule is O=C(c1cc(-c2ccncc2)nc2ccccc12)N1CCN(S(=O)(=O)c2ccc(F)cc2)CC1. The average molecular weight is 477 g/mol. The summed E-state index contributed by atoms with van der Waals surface area (Å²) in [4.78, 5) is 24.0. The maximum absolute atomic E-state index is 13.5. The van der Waals surface area contributed by atoms with Gasteiger partial charge in [-0.05, 0) is 48.5 Å². The molecule has 1 fully saturated rings. The highest BCUT2D eigenvalue weighted by Gasteiger charge is 2.31. The van der Waals surface area contributed by atoms with E-state index < -0.39 is 15.8 Å². The van der Waals surface area contributed by atoms with Crippen molar-refractivity contribution < 1.29 is 17.6 Å². The van der Waals surface area contributed by atoms with E-state index in [0.29, 0.717) is 16.8 Å². The number of piperazine rings is 1. The molecule has 0 aliphatic carbocycles. The minimum atomic E-state index is -3.76. The molecule has 2 aromatic heterocycles. The lowest BCUT2D eigenvalue weighted by molar-refractivity contribution is 0.0700. The number of amides is 1. The molecule has 0 bridgehead atoms. The van der Waals surface area contributed by atoms with Crippen LogP contribution in [0.2, 0.25) is 0 Å². The van der Waals surface area contributed by atoms with Crippen LogP contribution < -0.4 is 0 Å². The van der Waals surface area contributed by atoms with Crippen LogP contribution in [0.4, 0.5) is 4.39 Å². The van der Waals surface area contributed by atoms with Crippen LogP contribution in [0.3, 0.4) is 0 Å². The van der Waals surface area contributed by atoms with Crippen molar-refractivity contribution in [1.82, 2.24) is 19.2 Å². The molecular weight excluding hydrogens is 455 g/mol. The number of halogens is 1. The van der Waals surface area contributed by atoms with Gasteiger partial charge in [-0.1, -0.05) is 18.2 Å². The molecule has 9 heteroatoms. The second-order valence-electron chi connectivity index (χ2n) is 7.96. The Morgan fingerprint density at radius 1 is 0.882 bits per heavy atom. The molecule has 7 nitrogen and oxygen atoms in total. The van der Waals surface area contributed by atoms with Crippen LogP contribution in [0.15, 0.2) is 84.0 Å². The molecule has 5 rings (SSSR count). The molecule has 1 aliphatic heterocycles. The van der Waals surface area contributed by atoms with Crippen molar-refractivity contribution in [3.05, 3.63) is 90.5 Å². The van der Waals surface area contributed by atoms with E-state index in [-0.39, 0.29) is 37.0 Å². The lowest BCUT2D eigenvalue weighted by atomic mass is 10.0. The highest BCUT2D eigenvalue weighted by Crippen LogP contribution is 2.26. The Labute approximate surface area is 196 Å². The Morgan fingerprint density at radius 3 is 2.26 bits per heavy atom. The largest absolute Gasteiger partial charge is 0.336 e. The molecular formula is C25H21FN4O3S. The van der Waals surface area contributed by atoms with E-state index in [1.807, 2.05) is 36.4 Å². The number of para-hydroxylation sites is 1. The topological polar surface area (TPSA) is 83.5 Å². The second-order valence-corrected chi connectivity index (χ2v) is 9.90. The fraction of sp³-hybridized carbons (Fsp3) is 0.160. The minimum Gasteiger partial charge on any atom is -0.336 e. The molecule has 2 aromatic carbocycles. The zero-order valence-corrected chi connectivity index (χ0v) is 19.0. The number of benzene rings is 2. The van der Waals surface area contributed by atoms with Gasteiger partial charge in [0.05, 0.1) is 21.7 Å². The van der Waals surface area contributed by atoms with Crippen molar-refractivity contribution in [1.29, 1.82) is 0 Å². The fourth-order valence-corrected chi connectivity index (χ4v) is 5.50. The van der Waals surface area contributed by atoms with Crippen LogP contribution in [0.25, 0.3) is 22.2 Å². The van der Waals surface area contributed by atoms with Crippen molar-refractivity contribution >= 4 is 26.8 Å². The van der Waals surface area contributed by atoms with Gasteiger partial charge in [0.1, 0.15) is 5.82 Å². The van der Waals surface area contributed by atoms with Gasteiger partial charge in [-0.15, -0.1) is 0 Å². The Bertz CT molecular complexity index is 1450. The number of fused-ring (bicyclic) bond motifs is 1. The summed E-state index contributed by atoms with van der Waals surface area (Å²) in [6.45, 7) is 0.818. The average Bonchev–Trinajstić information content (AvgIpc) is 2.88. The van der Waals surface area contributed by atoms with Gasteiger partial charge in [0, 0.05) is 49.5 Å². The van der Waals surface area contributed by atoms with E-state index in [9.17, 15) is 17.6 Å². The standard InChI is InChI=1S/C25H21FN4O3S/c26-19-5-7-20(8-6-19)34(32,33)30-15-13-29(14-16-30)25(31)22-17-24(18-9-11-27-12-10-18)28-23-4-2-1-3-21(22)23/h1-12,17H,13-16H2. The lowest BCUT2D eigenvalue weighted by Crippen LogP contribution is -2.50. The van der Waals surface area contributed by atoms with E-state index in [2.05, 4.69) is 4.98 Å². The first kappa shape index (κ1) is 22.1. The van der Waals surface area contributed by atoms with Crippen LogP contribution >= 0.6 is 0 Å². The minimum absolute atomic E-state index is 0.0378. The number of carbonyl (C=O) groups excluding carboxylic acids is 1. The summed E-state index contributed by atoms with van der Waals surface area (Å²) in [5, 5.41) is 0.742. The lowest BCUT2D eigenvalue weighted by Gasteiger charge is -2.34. The third-order valence-electron chi connectivity index (χ3n) is 5.90. The molecule has 0 unspecified atom stereocenters. The monoisotopic (exact) mass is 476 g/mol. The number of hydrogen-bond donors (Lipinski definition) is 0. The van der Waals surface area contributed by atoms with Crippen LogP contribution in [0, 0.1) is 5.82 Å². The van der Waals surface area contributed by atoms with Gasteiger partial charge < -0.3 is 4.90 Å². The molecule has 0 N–H and O–H groups in total. The summed E-state index contributed by atoms with van der Waals surface area (Å²) >= 11 is 0. The van der Waals surface area contributed by atoms with Crippen LogP contribution in [-0.4, -0.2) is 59.7 Å². The number of sulfonamides is 1. The first-order valence-electron chi connectivity index (χ1n) is 10.8. The molecule has 3 heterocycles. The smallest absolute Gasteiger partial charge is 0.254 e. The Balaban J connectivity index is 1.41. The number of hydrogen-bond acceptors (Lipinski definition) is 5. The van der Waals surface area contributed by atoms with Gasteiger partial charge in [0.25, 0.3) is 5.91 Å². The normalized spacial score (nSPS) is 14.9. The first-order valence-corrected chi connectivity index (χ1v) is 12.2. The van der Waals surface area contributed by atoms with E-state index >= 15 is 0 Å². The fourth-order valence-electron chi connectivity index (χ4n) is 4.08. The summed E-state index contributed by atoms with van der Waals surface area (Å²) in [7, 11) is -3.76. The number of carbonyl (C=O) groups is 1. The molecule has 0 saturated carbocycles. The Kier molecular flexibility index (Phi) is 5.80. The second kappa shape index (κ2) is 8.92. The van der Waals surface area contributed by atoms with Crippen LogP contribution in [-0.2, 0) is 10.0 Å². The zero-order chi connectivity index (χ0) is 23.7. The van der Waals surface area contributed by atoms with E-state index in [4.69, 9.17) is 4.98 Å². The molecule has 1 amide bonds. The van der Waals surface area contributed by atoms with E-state index in [1.165, 1.54) is 16.4 Å². The van der Waals surface area contributed by atoms with Gasteiger partial charge in [0.2, 0.25) is 10.0 Å². The van der Waals surface area contributed by atoms with Crippen molar-refractivity contribution in [3.63, 3.8) is 0 Å². The number of rotatable bonds is 4. The molecule has 1 aliphatic rings. The number of nitrogens with zero attached hydrogens (tertiary/aromatic N) is 4. The molecule has 172 valence electrons. The van der Waals surface area contributed by atoms with Crippen LogP contribution in [0.5, 0.6) is 0 Å². The summed E-state index contributed by atoms with van der Waals surface area (Å²) in [5.41, 5.74) is 2.75. The highest BCUT2D eigenvalue weighted by atomic mass is 32.2. The summed E-state index contributed by atoms with van der Waals surface area (Å²) in [6.07, 6.45) is 3.35. The Morgan fingerprint density at radius 2 is 1.56 bits per heavy atom. The van der Waals surface area contributed by atoms with Crippen LogP contribution in [0.1, 0.15) is 10.4 Å². The summed E-state index contributed by atoms with van der Waals surface area (Å²) in [5.74, 6) is -0.669. The maximum Gasteiger partial charge on any atom is 0.254 e. The molecule has 1 saturated heterocycles. The van der Waals surface area contributed by atoms with Gasteiger partial charge in [-0.25, -0.2) is 17.8 Å². The van der Waals surface area contributed by atoms with Crippen molar-refractivity contribution in [2.24, 2.45) is 0 Å². The van der Waals surface area contributed by atoms with E-state index in [1.54, 1.807) is 23.4 Å². The summed E-state index contributed by atoms with van der Waals surface area (Å²) < 4.78 is 40.4. The number of aromatic nitrogens is 2. The summed E-state index contributed by atoms with van der Waals surface area (Å²) in [6, 6.07) is 17.7. The molecule has 0 atom stereocenters. The van der Waals surface area contributed by atoms with E-state index in [0.717, 1.165) is 23.1 Å². The predicted molar refractivity (Wildman–Crippen MR) is 126 cm³/mol. The van der Waals surface area contributed by atoms with Gasteiger partial charge in [-0.3, -0.25) is 9.78 Å². The van der Waals surface area contributed by atoms with Crippen molar-refractivity contribution in [2.75, 3.05) is 26.2 Å². The third-order valence-corrected chi connectivity index (χ3v) is 7.81. The van der Waals surface area contributed by atoms with Gasteiger partial charge >= 0.3 is 0 Å². The quantitative estimate of drug-likeness (QED) is 0.450. The predicted octanol–water partition coefficient (Wildman–Crippen LogP) is 3.58. The Hall–Kier alpha value is -3.69. The van der Waals surface area contributed by atoms with Gasteiger partial charge in [0.15, 0.2) is 0 Å². The highest BCUT2D eigenvalue weighted by molar-refractivity contribution is 7.89. The molecule has 34 heavy (non-hydrogen) atoms. The first-order chi connectivity index (χ1) is 16.4. The maximum atomic E-state index is 13.5. The zero-order valence-electron chi connectivity index (χ0n) is 18.1. The van der Waals surface area contributed by atoms with Gasteiger partial charge in [-0.2, -0.15) is 4.31 Å². The van der Waals surface area contributed by atoms with Crippen molar-refractivity contribution in [2.45, 2.75) is 4.90 Å². The number of pyridine rings is 2.